The van der Waals surface area contributed by atoms with Crippen LogP contribution in [-0.2, 0) is 19.9 Å². The molecule has 19 heavy (non-hydrogen) atoms. The molecule has 2 fully saturated rings. The van der Waals surface area contributed by atoms with E-state index >= 15 is 0 Å². The molecule has 0 amide bonds. The van der Waals surface area contributed by atoms with Gasteiger partial charge in [-0.2, -0.15) is 4.31 Å². The molecule has 0 N–H and O–H groups in total. The molecule has 1 aliphatic heterocycles. The number of rotatable bonds is 5. The third-order valence-electron chi connectivity index (χ3n) is 3.71. The Labute approximate surface area is 115 Å². The van der Waals surface area contributed by atoms with E-state index in [0.717, 1.165) is 12.8 Å². The summed E-state index contributed by atoms with van der Waals surface area (Å²) in [6.45, 7) is 0.567. The Morgan fingerprint density at radius 3 is 2.21 bits per heavy atom. The first-order valence-corrected chi connectivity index (χ1v) is 9.80. The van der Waals surface area contributed by atoms with E-state index in [1.807, 2.05) is 0 Å². The number of terminal acetylenes is 1. The smallest absolute Gasteiger partial charge is 0.217 e. The second kappa shape index (κ2) is 5.43. The quantitative estimate of drug-likeness (QED) is 0.682. The fourth-order valence-electron chi connectivity index (χ4n) is 2.33. The zero-order chi connectivity index (χ0) is 14.1. The first-order valence-electron chi connectivity index (χ1n) is 6.48. The SMILES string of the molecule is C#CCN(CC1CC1)S(=O)(=O)C1CCS(=O)(=O)CC1. The highest BCUT2D eigenvalue weighted by Gasteiger charge is 2.38. The lowest BCUT2D eigenvalue weighted by Crippen LogP contribution is -2.43. The first kappa shape index (κ1) is 14.8. The van der Waals surface area contributed by atoms with Gasteiger partial charge >= 0.3 is 0 Å². The molecular weight excluding hydrogens is 286 g/mol. The van der Waals surface area contributed by atoms with E-state index in [2.05, 4.69) is 5.92 Å². The molecule has 1 aliphatic carbocycles. The van der Waals surface area contributed by atoms with E-state index in [-0.39, 0.29) is 30.9 Å². The number of sulfone groups is 1. The van der Waals surface area contributed by atoms with Crippen molar-refractivity contribution in [1.29, 1.82) is 0 Å². The molecule has 0 aromatic heterocycles. The van der Waals surface area contributed by atoms with E-state index in [1.165, 1.54) is 4.31 Å². The van der Waals surface area contributed by atoms with Crippen molar-refractivity contribution in [2.24, 2.45) is 5.92 Å². The zero-order valence-electron chi connectivity index (χ0n) is 10.8. The Morgan fingerprint density at radius 1 is 1.16 bits per heavy atom. The third kappa shape index (κ3) is 3.71. The molecule has 0 radical (unpaired) electrons. The second-order valence-corrected chi connectivity index (χ2v) is 9.85. The minimum Gasteiger partial charge on any atom is -0.229 e. The number of hydrogen-bond donors (Lipinski definition) is 0. The normalized spacial score (nSPS) is 24.2. The topological polar surface area (TPSA) is 71.5 Å². The maximum absolute atomic E-state index is 12.5. The average Bonchev–Trinajstić information content (AvgIpc) is 3.12. The Bertz CT molecular complexity index is 555. The monoisotopic (exact) mass is 305 g/mol. The summed E-state index contributed by atoms with van der Waals surface area (Å²) in [6, 6.07) is 0. The predicted molar refractivity (Wildman–Crippen MR) is 73.7 cm³/mol. The minimum atomic E-state index is -3.47. The molecule has 0 bridgehead atoms. The Morgan fingerprint density at radius 2 is 1.74 bits per heavy atom. The van der Waals surface area contributed by atoms with Crippen LogP contribution in [0.1, 0.15) is 25.7 Å². The van der Waals surface area contributed by atoms with Crippen LogP contribution in [0.2, 0.25) is 0 Å². The molecule has 0 spiro atoms. The van der Waals surface area contributed by atoms with Gasteiger partial charge in [-0.25, -0.2) is 16.8 Å². The lowest BCUT2D eigenvalue weighted by atomic mass is 10.2. The highest BCUT2D eigenvalue weighted by atomic mass is 32.2. The fourth-order valence-corrected chi connectivity index (χ4v) is 6.04. The Balaban J connectivity index is 2.08. The van der Waals surface area contributed by atoms with Crippen molar-refractivity contribution in [3.8, 4) is 12.3 Å². The highest BCUT2D eigenvalue weighted by molar-refractivity contribution is 7.92. The minimum absolute atomic E-state index is 0.0375. The van der Waals surface area contributed by atoms with Crippen LogP contribution >= 0.6 is 0 Å². The summed E-state index contributed by atoms with van der Waals surface area (Å²) < 4.78 is 49.1. The van der Waals surface area contributed by atoms with Crippen LogP contribution in [0.5, 0.6) is 0 Å². The van der Waals surface area contributed by atoms with Gasteiger partial charge in [0.1, 0.15) is 9.84 Å². The summed E-state index contributed by atoms with van der Waals surface area (Å²) in [5.41, 5.74) is 0. The number of sulfonamides is 1. The van der Waals surface area contributed by atoms with Crippen molar-refractivity contribution in [2.45, 2.75) is 30.9 Å². The van der Waals surface area contributed by atoms with Gasteiger partial charge in [0.05, 0.1) is 23.3 Å². The summed E-state index contributed by atoms with van der Waals surface area (Å²) in [5.74, 6) is 2.74. The van der Waals surface area contributed by atoms with Gasteiger partial charge in [0, 0.05) is 6.54 Å². The average molecular weight is 305 g/mol. The van der Waals surface area contributed by atoms with Gasteiger partial charge in [-0.05, 0) is 31.6 Å². The third-order valence-corrected chi connectivity index (χ3v) is 7.74. The second-order valence-electron chi connectivity index (χ2n) is 5.34. The van der Waals surface area contributed by atoms with Crippen molar-refractivity contribution >= 4 is 19.9 Å². The van der Waals surface area contributed by atoms with Crippen LogP contribution in [0.15, 0.2) is 0 Å². The van der Waals surface area contributed by atoms with Crippen molar-refractivity contribution < 1.29 is 16.8 Å². The van der Waals surface area contributed by atoms with Crippen LogP contribution in [0, 0.1) is 18.3 Å². The van der Waals surface area contributed by atoms with Crippen molar-refractivity contribution in [3.63, 3.8) is 0 Å². The van der Waals surface area contributed by atoms with E-state index in [4.69, 9.17) is 6.42 Å². The lowest BCUT2D eigenvalue weighted by molar-refractivity contribution is 0.417. The molecule has 1 saturated heterocycles. The molecule has 5 nitrogen and oxygen atoms in total. The summed E-state index contributed by atoms with van der Waals surface area (Å²) in [5, 5.41) is -0.594. The fraction of sp³-hybridized carbons (Fsp3) is 0.833. The van der Waals surface area contributed by atoms with Crippen molar-refractivity contribution in [2.75, 3.05) is 24.6 Å². The zero-order valence-corrected chi connectivity index (χ0v) is 12.4. The van der Waals surface area contributed by atoms with Gasteiger partial charge in [-0.3, -0.25) is 0 Å². The molecule has 2 aliphatic rings. The maximum atomic E-state index is 12.5. The Hall–Kier alpha value is -0.580. The van der Waals surface area contributed by atoms with Crippen LogP contribution < -0.4 is 0 Å². The molecule has 0 aromatic rings. The predicted octanol–water partition coefficient (Wildman–Crippen LogP) is 0.239. The maximum Gasteiger partial charge on any atom is 0.217 e. The van der Waals surface area contributed by atoms with Gasteiger partial charge in [-0.15, -0.1) is 6.42 Å². The van der Waals surface area contributed by atoms with Crippen LogP contribution in [0.25, 0.3) is 0 Å². The van der Waals surface area contributed by atoms with E-state index < -0.39 is 25.1 Å². The van der Waals surface area contributed by atoms with Gasteiger partial charge in [0.2, 0.25) is 10.0 Å². The largest absolute Gasteiger partial charge is 0.229 e. The van der Waals surface area contributed by atoms with Crippen LogP contribution in [0.4, 0.5) is 0 Å². The van der Waals surface area contributed by atoms with Gasteiger partial charge in [0.25, 0.3) is 0 Å². The molecule has 0 atom stereocenters. The number of hydrogen-bond acceptors (Lipinski definition) is 4. The summed E-state index contributed by atoms with van der Waals surface area (Å²) in [6.07, 6.45) is 7.73. The van der Waals surface area contributed by atoms with Gasteiger partial charge in [-0.1, -0.05) is 5.92 Å². The van der Waals surface area contributed by atoms with E-state index in [1.54, 1.807) is 0 Å². The van der Waals surface area contributed by atoms with Gasteiger partial charge < -0.3 is 0 Å². The molecule has 0 aromatic carbocycles. The molecule has 1 heterocycles. The highest BCUT2D eigenvalue weighted by Crippen LogP contribution is 2.32. The van der Waals surface area contributed by atoms with Crippen molar-refractivity contribution in [1.82, 2.24) is 4.31 Å². The molecular formula is C12H19NO4S2. The molecule has 108 valence electrons. The van der Waals surface area contributed by atoms with Crippen LogP contribution in [0.3, 0.4) is 0 Å². The van der Waals surface area contributed by atoms with E-state index in [0.29, 0.717) is 12.5 Å². The van der Waals surface area contributed by atoms with Gasteiger partial charge in [0.15, 0.2) is 0 Å². The first-order chi connectivity index (χ1) is 8.85. The standard InChI is InChI=1S/C12H19NO4S2/c1-2-7-13(10-11-3-4-11)19(16,17)12-5-8-18(14,15)9-6-12/h1,11-12H,3-10H2. The summed E-state index contributed by atoms with van der Waals surface area (Å²) in [7, 11) is -6.51. The molecule has 7 heteroatoms. The summed E-state index contributed by atoms with van der Waals surface area (Å²) >= 11 is 0. The molecule has 0 unspecified atom stereocenters. The van der Waals surface area contributed by atoms with Crippen molar-refractivity contribution in [3.05, 3.63) is 0 Å². The van der Waals surface area contributed by atoms with E-state index in [9.17, 15) is 16.8 Å². The molecule has 1 saturated carbocycles. The number of nitrogens with zero attached hydrogens (tertiary/aromatic N) is 1. The lowest BCUT2D eigenvalue weighted by Gasteiger charge is -2.28. The Kier molecular flexibility index (Phi) is 4.23. The summed E-state index contributed by atoms with van der Waals surface area (Å²) in [4.78, 5) is 0. The van der Waals surface area contributed by atoms with Crippen LogP contribution in [-0.4, -0.2) is 51.0 Å². The molecule has 2 rings (SSSR count).